The zero-order chi connectivity index (χ0) is 24.9. The molecule has 4 aromatic rings. The number of pyridine rings is 1. The van der Waals surface area contributed by atoms with Crippen LogP contribution in [0.25, 0.3) is 22.5 Å². The number of aromatic nitrogens is 3. The van der Waals surface area contributed by atoms with Gasteiger partial charge in [0.05, 0.1) is 24.5 Å². The Morgan fingerprint density at radius 2 is 1.89 bits per heavy atom. The third-order valence-electron chi connectivity index (χ3n) is 6.52. The lowest BCUT2D eigenvalue weighted by atomic mass is 10.0. The summed E-state index contributed by atoms with van der Waals surface area (Å²) in [5, 5.41) is 3.42. The first-order chi connectivity index (χ1) is 17.7. The summed E-state index contributed by atoms with van der Waals surface area (Å²) in [6.45, 7) is 3.56. The Balaban J connectivity index is 1.51. The highest BCUT2D eigenvalue weighted by Crippen LogP contribution is 2.40. The molecule has 1 unspecified atom stereocenters. The molecular weight excluding hydrogens is 455 g/mol. The van der Waals surface area contributed by atoms with Gasteiger partial charge in [0.25, 0.3) is 0 Å². The number of rotatable bonds is 10. The van der Waals surface area contributed by atoms with Crippen LogP contribution in [-0.2, 0) is 6.42 Å². The molecule has 0 amide bonds. The summed E-state index contributed by atoms with van der Waals surface area (Å²) < 4.78 is 27.5. The molecule has 6 nitrogen and oxygen atoms in total. The molecule has 2 aromatic carbocycles. The van der Waals surface area contributed by atoms with Crippen LogP contribution in [0.1, 0.15) is 38.1 Å². The summed E-state index contributed by atoms with van der Waals surface area (Å²) >= 11 is 0. The largest absolute Gasteiger partial charge is 0.497 e. The molecular formula is C29H31FN4O2. The van der Waals surface area contributed by atoms with E-state index in [1.807, 2.05) is 36.5 Å². The Labute approximate surface area is 211 Å². The number of aryl methyl sites for hydroxylation is 1. The SMILES string of the molecule is CCCCNc1cc(-c2c(-c3ccc(F)cc3)nc3n2C(COc2cccc(OC)c2)CC3)ccn1. The van der Waals surface area contributed by atoms with Gasteiger partial charge in [-0.2, -0.15) is 0 Å². The van der Waals surface area contributed by atoms with Gasteiger partial charge in [0.2, 0.25) is 0 Å². The van der Waals surface area contributed by atoms with Gasteiger partial charge in [0.1, 0.15) is 35.6 Å². The van der Waals surface area contributed by atoms with Crippen molar-refractivity contribution in [3.63, 3.8) is 0 Å². The number of hydrogen-bond acceptors (Lipinski definition) is 5. The van der Waals surface area contributed by atoms with Gasteiger partial charge >= 0.3 is 0 Å². The quantitative estimate of drug-likeness (QED) is 0.258. The number of halogens is 1. The minimum atomic E-state index is -0.261. The first-order valence-electron chi connectivity index (χ1n) is 12.5. The number of nitrogens with one attached hydrogen (secondary N) is 1. The van der Waals surface area contributed by atoms with E-state index >= 15 is 0 Å². The third kappa shape index (κ3) is 5.05. The lowest BCUT2D eigenvalue weighted by Crippen LogP contribution is -2.15. The van der Waals surface area contributed by atoms with E-state index in [1.54, 1.807) is 19.2 Å². The van der Waals surface area contributed by atoms with Gasteiger partial charge in [0.15, 0.2) is 0 Å². The molecule has 36 heavy (non-hydrogen) atoms. The number of imidazole rings is 1. The second kappa shape index (κ2) is 10.8. The normalized spacial score (nSPS) is 14.5. The highest BCUT2D eigenvalue weighted by molar-refractivity contribution is 5.80. The summed E-state index contributed by atoms with van der Waals surface area (Å²) in [5.74, 6) is 3.13. The Morgan fingerprint density at radius 3 is 2.69 bits per heavy atom. The molecule has 0 saturated heterocycles. The van der Waals surface area contributed by atoms with Crippen molar-refractivity contribution >= 4 is 5.82 Å². The second-order valence-corrected chi connectivity index (χ2v) is 8.99. The molecule has 0 saturated carbocycles. The van der Waals surface area contributed by atoms with Gasteiger partial charge < -0.3 is 19.4 Å². The average Bonchev–Trinajstić information content (AvgIpc) is 3.48. The molecule has 0 bridgehead atoms. The van der Waals surface area contributed by atoms with Crippen LogP contribution in [0.4, 0.5) is 10.2 Å². The Kier molecular flexibility index (Phi) is 7.16. The second-order valence-electron chi connectivity index (χ2n) is 8.99. The van der Waals surface area contributed by atoms with Crippen molar-refractivity contribution in [2.75, 3.05) is 25.6 Å². The molecule has 1 aliphatic rings. The number of anilines is 1. The van der Waals surface area contributed by atoms with E-state index in [2.05, 4.69) is 27.9 Å². The van der Waals surface area contributed by atoms with Crippen LogP contribution in [0, 0.1) is 5.82 Å². The highest BCUT2D eigenvalue weighted by Gasteiger charge is 2.30. The molecule has 7 heteroatoms. The van der Waals surface area contributed by atoms with E-state index in [0.717, 1.165) is 77.9 Å². The molecule has 1 atom stereocenters. The lowest BCUT2D eigenvalue weighted by molar-refractivity contribution is 0.254. The van der Waals surface area contributed by atoms with Crippen LogP contribution < -0.4 is 14.8 Å². The fraction of sp³-hybridized carbons (Fsp3) is 0.310. The van der Waals surface area contributed by atoms with E-state index < -0.39 is 0 Å². The maximum atomic E-state index is 13.7. The van der Waals surface area contributed by atoms with E-state index in [-0.39, 0.29) is 11.9 Å². The summed E-state index contributed by atoms with van der Waals surface area (Å²) in [7, 11) is 1.65. The van der Waals surface area contributed by atoms with Gasteiger partial charge in [-0.15, -0.1) is 0 Å². The zero-order valence-electron chi connectivity index (χ0n) is 20.7. The molecule has 0 aliphatic carbocycles. The molecule has 5 rings (SSSR count). The molecule has 0 spiro atoms. The maximum Gasteiger partial charge on any atom is 0.126 e. The predicted molar refractivity (Wildman–Crippen MR) is 140 cm³/mol. The van der Waals surface area contributed by atoms with Crippen LogP contribution in [0.2, 0.25) is 0 Å². The van der Waals surface area contributed by atoms with Crippen LogP contribution in [-0.4, -0.2) is 34.8 Å². The predicted octanol–water partition coefficient (Wildman–Crippen LogP) is 6.54. The van der Waals surface area contributed by atoms with Gasteiger partial charge in [-0.25, -0.2) is 14.4 Å². The molecule has 2 aromatic heterocycles. The monoisotopic (exact) mass is 486 g/mol. The summed E-state index contributed by atoms with van der Waals surface area (Å²) in [6.07, 6.45) is 5.82. The van der Waals surface area contributed by atoms with Crippen molar-refractivity contribution in [1.82, 2.24) is 14.5 Å². The standard InChI is InChI=1S/C29H31FN4O2/c1-3-4-15-31-26-17-21(14-16-32-26)29-28(20-8-10-22(30)11-9-20)33-27-13-12-23(34(27)29)19-36-25-7-5-6-24(18-25)35-2/h5-11,14,16-18,23H,3-4,12-13,15,19H2,1-2H3,(H,31,32). The third-order valence-corrected chi connectivity index (χ3v) is 6.52. The van der Waals surface area contributed by atoms with Gasteiger partial charge in [0, 0.05) is 36.4 Å². The zero-order valence-corrected chi connectivity index (χ0v) is 20.7. The number of unbranched alkanes of at least 4 members (excludes halogenated alkanes) is 1. The van der Waals surface area contributed by atoms with E-state index in [9.17, 15) is 4.39 Å². The van der Waals surface area contributed by atoms with Gasteiger partial charge in [-0.05, 0) is 61.4 Å². The smallest absolute Gasteiger partial charge is 0.126 e. The summed E-state index contributed by atoms with van der Waals surface area (Å²) in [5.41, 5.74) is 3.77. The van der Waals surface area contributed by atoms with Crippen molar-refractivity contribution in [2.45, 2.75) is 38.6 Å². The van der Waals surface area contributed by atoms with E-state index in [1.165, 1.54) is 12.1 Å². The number of methoxy groups -OCH3 is 1. The van der Waals surface area contributed by atoms with E-state index in [0.29, 0.717) is 6.61 Å². The van der Waals surface area contributed by atoms with Crippen molar-refractivity contribution in [1.29, 1.82) is 0 Å². The first kappa shape index (κ1) is 23.9. The van der Waals surface area contributed by atoms with Crippen LogP contribution >= 0.6 is 0 Å². The number of nitrogens with zero attached hydrogens (tertiary/aromatic N) is 3. The fourth-order valence-corrected chi connectivity index (χ4v) is 4.67. The fourth-order valence-electron chi connectivity index (χ4n) is 4.67. The Hall–Kier alpha value is -3.87. The molecule has 0 radical (unpaired) electrons. The van der Waals surface area contributed by atoms with Crippen molar-refractivity contribution in [3.8, 4) is 34.0 Å². The first-order valence-corrected chi connectivity index (χ1v) is 12.5. The number of hydrogen-bond donors (Lipinski definition) is 1. The summed E-state index contributed by atoms with van der Waals surface area (Å²) in [6, 6.07) is 18.4. The molecule has 3 heterocycles. The van der Waals surface area contributed by atoms with Crippen molar-refractivity contribution in [3.05, 3.63) is 78.5 Å². The molecule has 1 N–H and O–H groups in total. The lowest BCUT2D eigenvalue weighted by Gasteiger charge is -2.19. The van der Waals surface area contributed by atoms with Crippen molar-refractivity contribution in [2.24, 2.45) is 0 Å². The van der Waals surface area contributed by atoms with Crippen LogP contribution in [0.3, 0.4) is 0 Å². The number of benzene rings is 2. The molecule has 0 fully saturated rings. The topological polar surface area (TPSA) is 61.2 Å². The summed E-state index contributed by atoms with van der Waals surface area (Å²) in [4.78, 5) is 9.54. The average molecular weight is 487 g/mol. The van der Waals surface area contributed by atoms with E-state index in [4.69, 9.17) is 14.5 Å². The highest BCUT2D eigenvalue weighted by atomic mass is 19.1. The maximum absolute atomic E-state index is 13.7. The molecule has 186 valence electrons. The van der Waals surface area contributed by atoms with Crippen LogP contribution in [0.5, 0.6) is 11.5 Å². The number of fused-ring (bicyclic) bond motifs is 1. The van der Waals surface area contributed by atoms with Crippen molar-refractivity contribution < 1.29 is 13.9 Å². The Morgan fingerprint density at radius 1 is 1.06 bits per heavy atom. The number of ether oxygens (including phenoxy) is 2. The minimum absolute atomic E-state index is 0.118. The molecule has 1 aliphatic heterocycles. The van der Waals surface area contributed by atoms with Gasteiger partial charge in [-0.1, -0.05) is 19.4 Å². The van der Waals surface area contributed by atoms with Gasteiger partial charge in [-0.3, -0.25) is 0 Å². The Bertz CT molecular complexity index is 1320. The minimum Gasteiger partial charge on any atom is -0.497 e. The van der Waals surface area contributed by atoms with Crippen LogP contribution in [0.15, 0.2) is 66.9 Å².